The fourth-order valence-corrected chi connectivity index (χ4v) is 4.24. The number of methoxy groups -OCH3 is 2. The van der Waals surface area contributed by atoms with Crippen LogP contribution >= 0.6 is 11.3 Å². The van der Waals surface area contributed by atoms with Crippen molar-refractivity contribution in [3.63, 3.8) is 0 Å². The fourth-order valence-electron chi connectivity index (χ4n) is 3.18. The first-order valence-corrected chi connectivity index (χ1v) is 11.8. The van der Waals surface area contributed by atoms with E-state index in [0.717, 1.165) is 17.7 Å². The van der Waals surface area contributed by atoms with Gasteiger partial charge in [-0.2, -0.15) is 0 Å². The number of carbonyl (C=O) groups excluding carboxylic acids is 2. The SMILES string of the molecule is COCCCc1ccc(C=C(C)C(=O)c2c(O)cc(C(C)CC/C=C/NC(=O)OC)oc2=O)s1. The Kier molecular flexibility index (Phi) is 10.8. The van der Waals surface area contributed by atoms with Crippen LogP contribution in [-0.2, 0) is 15.9 Å². The molecule has 2 heterocycles. The van der Waals surface area contributed by atoms with E-state index in [4.69, 9.17) is 9.15 Å². The van der Waals surface area contributed by atoms with Crippen molar-refractivity contribution in [2.45, 2.75) is 45.4 Å². The molecular weight excluding hydrogens is 458 g/mol. The van der Waals surface area contributed by atoms with Gasteiger partial charge in [0.25, 0.3) is 0 Å². The summed E-state index contributed by atoms with van der Waals surface area (Å²) in [5.74, 6) is -0.874. The van der Waals surface area contributed by atoms with Gasteiger partial charge in [-0.15, -0.1) is 11.3 Å². The molecule has 2 rings (SSSR count). The molecule has 2 aromatic rings. The summed E-state index contributed by atoms with van der Waals surface area (Å²) < 4.78 is 14.9. The van der Waals surface area contributed by atoms with Crippen molar-refractivity contribution in [3.8, 4) is 5.75 Å². The number of hydrogen-bond donors (Lipinski definition) is 2. The number of carbonyl (C=O) groups is 2. The second-order valence-electron chi connectivity index (χ2n) is 7.77. The van der Waals surface area contributed by atoms with E-state index in [9.17, 15) is 19.5 Å². The van der Waals surface area contributed by atoms with Gasteiger partial charge in [-0.3, -0.25) is 10.1 Å². The predicted molar refractivity (Wildman–Crippen MR) is 131 cm³/mol. The number of alkyl carbamates (subject to hydrolysis) is 1. The highest BCUT2D eigenvalue weighted by molar-refractivity contribution is 7.12. The summed E-state index contributed by atoms with van der Waals surface area (Å²) >= 11 is 1.57. The van der Waals surface area contributed by atoms with Gasteiger partial charge in [0.15, 0.2) is 5.78 Å². The molecule has 0 aliphatic rings. The summed E-state index contributed by atoms with van der Waals surface area (Å²) in [5, 5.41) is 12.9. The molecule has 184 valence electrons. The van der Waals surface area contributed by atoms with Crippen LogP contribution in [0, 0.1) is 0 Å². The van der Waals surface area contributed by atoms with Crippen molar-refractivity contribution in [2.24, 2.45) is 0 Å². The van der Waals surface area contributed by atoms with Gasteiger partial charge in [0.05, 0.1) is 7.11 Å². The maximum absolute atomic E-state index is 12.9. The zero-order valence-electron chi connectivity index (χ0n) is 19.9. The van der Waals surface area contributed by atoms with E-state index in [1.807, 2.05) is 19.1 Å². The van der Waals surface area contributed by atoms with E-state index < -0.39 is 23.3 Å². The summed E-state index contributed by atoms with van der Waals surface area (Å²) in [4.78, 5) is 38.5. The Labute approximate surface area is 202 Å². The van der Waals surface area contributed by atoms with Gasteiger partial charge in [0, 0.05) is 41.7 Å². The highest BCUT2D eigenvalue weighted by atomic mass is 32.1. The molecule has 8 nitrogen and oxygen atoms in total. The minimum Gasteiger partial charge on any atom is -0.507 e. The number of thiophene rings is 1. The van der Waals surface area contributed by atoms with Crippen LogP contribution in [0.25, 0.3) is 6.08 Å². The van der Waals surface area contributed by atoms with Crippen LogP contribution in [0.3, 0.4) is 0 Å². The Morgan fingerprint density at radius 3 is 2.74 bits per heavy atom. The van der Waals surface area contributed by atoms with Gasteiger partial charge >= 0.3 is 11.7 Å². The molecule has 0 saturated carbocycles. The van der Waals surface area contributed by atoms with E-state index in [1.165, 1.54) is 24.3 Å². The first-order chi connectivity index (χ1) is 16.3. The molecule has 2 aromatic heterocycles. The molecule has 0 radical (unpaired) electrons. The molecule has 0 spiro atoms. The minimum atomic E-state index is -0.867. The number of aromatic hydroxyl groups is 1. The molecular formula is C25H31NO7S. The second kappa shape index (κ2) is 13.5. The number of ketones is 1. The molecule has 2 N–H and O–H groups in total. The summed E-state index contributed by atoms with van der Waals surface area (Å²) in [7, 11) is 2.94. The molecule has 0 aliphatic heterocycles. The van der Waals surface area contributed by atoms with Gasteiger partial charge in [0.1, 0.15) is 17.1 Å². The van der Waals surface area contributed by atoms with E-state index in [-0.39, 0.29) is 17.2 Å². The molecule has 9 heteroatoms. The molecule has 0 fully saturated rings. The zero-order chi connectivity index (χ0) is 25.1. The molecule has 0 aliphatic carbocycles. The largest absolute Gasteiger partial charge is 0.507 e. The first kappa shape index (κ1) is 27.1. The Morgan fingerprint density at radius 2 is 2.06 bits per heavy atom. The fraction of sp³-hybridized carbons (Fsp3) is 0.400. The molecule has 34 heavy (non-hydrogen) atoms. The van der Waals surface area contributed by atoms with Crippen LogP contribution in [0.2, 0.25) is 0 Å². The Bertz CT molecular complexity index is 1100. The highest BCUT2D eigenvalue weighted by Crippen LogP contribution is 2.27. The lowest BCUT2D eigenvalue weighted by molar-refractivity contribution is 0.102. The number of aryl methyl sites for hydroxylation is 1. The number of allylic oxidation sites excluding steroid dienone is 2. The van der Waals surface area contributed by atoms with Gasteiger partial charge < -0.3 is 19.0 Å². The molecule has 1 unspecified atom stereocenters. The minimum absolute atomic E-state index is 0.190. The Morgan fingerprint density at radius 1 is 1.29 bits per heavy atom. The van der Waals surface area contributed by atoms with Gasteiger partial charge in [-0.05, 0) is 56.4 Å². The summed E-state index contributed by atoms with van der Waals surface area (Å²) in [6.07, 6.45) is 7.35. The van der Waals surface area contributed by atoms with E-state index in [2.05, 4.69) is 10.1 Å². The lowest BCUT2D eigenvalue weighted by Gasteiger charge is -2.11. The normalized spacial score (nSPS) is 12.6. The van der Waals surface area contributed by atoms with E-state index in [0.29, 0.717) is 25.0 Å². The highest BCUT2D eigenvalue weighted by Gasteiger charge is 2.22. The molecule has 1 amide bonds. The lowest BCUT2D eigenvalue weighted by Crippen LogP contribution is -2.16. The number of hydrogen-bond acceptors (Lipinski definition) is 8. The summed E-state index contributed by atoms with van der Waals surface area (Å²) in [6.45, 7) is 4.14. The number of rotatable bonds is 12. The van der Waals surface area contributed by atoms with Gasteiger partial charge in [-0.25, -0.2) is 9.59 Å². The maximum atomic E-state index is 12.9. The molecule has 0 bridgehead atoms. The van der Waals surface area contributed by atoms with Crippen molar-refractivity contribution in [1.82, 2.24) is 5.32 Å². The molecule has 0 aromatic carbocycles. The van der Waals surface area contributed by atoms with Crippen molar-refractivity contribution in [3.05, 3.63) is 67.5 Å². The van der Waals surface area contributed by atoms with Crippen LogP contribution in [0.4, 0.5) is 4.79 Å². The predicted octanol–water partition coefficient (Wildman–Crippen LogP) is 5.03. The second-order valence-corrected chi connectivity index (χ2v) is 8.97. The topological polar surface area (TPSA) is 115 Å². The van der Waals surface area contributed by atoms with Gasteiger partial charge in [0.2, 0.25) is 0 Å². The molecule has 0 saturated heterocycles. The first-order valence-electron chi connectivity index (χ1n) is 10.9. The van der Waals surface area contributed by atoms with E-state index >= 15 is 0 Å². The van der Waals surface area contributed by atoms with Crippen molar-refractivity contribution >= 4 is 29.3 Å². The Balaban J connectivity index is 2.07. The molecule has 1 atom stereocenters. The number of ether oxygens (including phenoxy) is 2. The van der Waals surface area contributed by atoms with Crippen LogP contribution in [0.15, 0.2) is 45.3 Å². The zero-order valence-corrected chi connectivity index (χ0v) is 20.7. The third-order valence-electron chi connectivity index (χ3n) is 5.10. The third kappa shape index (κ3) is 8.00. The van der Waals surface area contributed by atoms with Crippen LogP contribution in [-0.4, -0.2) is 37.8 Å². The number of nitrogens with one attached hydrogen (secondary N) is 1. The van der Waals surface area contributed by atoms with Gasteiger partial charge in [-0.1, -0.05) is 13.0 Å². The number of amides is 1. The van der Waals surface area contributed by atoms with Crippen LogP contribution in [0.5, 0.6) is 5.75 Å². The average Bonchev–Trinajstić information content (AvgIpc) is 3.25. The standard InChI is InChI=1S/C25H31NO7S/c1-16(8-5-6-12-26-25(30)32-4)21-15-20(27)22(24(29)33-21)23(28)17(2)14-19-11-10-18(34-19)9-7-13-31-3/h6,10-12,14-16,27H,5,7-9,13H2,1-4H3,(H,26,30)/b12-6+,17-14?. The lowest BCUT2D eigenvalue weighted by atomic mass is 10.00. The quantitative estimate of drug-likeness (QED) is 0.244. The third-order valence-corrected chi connectivity index (χ3v) is 6.20. The van der Waals surface area contributed by atoms with Crippen molar-refractivity contribution in [1.29, 1.82) is 0 Å². The van der Waals surface area contributed by atoms with Crippen LogP contribution in [0.1, 0.15) is 64.9 Å². The summed E-state index contributed by atoms with van der Waals surface area (Å²) in [5.41, 5.74) is -0.908. The number of Topliss-reactive ketones (excluding diaryl/α,β-unsaturated/α-hetero) is 1. The Hall–Kier alpha value is -3.17. The van der Waals surface area contributed by atoms with Crippen molar-refractivity contribution in [2.75, 3.05) is 20.8 Å². The van der Waals surface area contributed by atoms with E-state index in [1.54, 1.807) is 37.5 Å². The maximum Gasteiger partial charge on any atom is 0.410 e. The van der Waals surface area contributed by atoms with Crippen LogP contribution < -0.4 is 10.9 Å². The monoisotopic (exact) mass is 489 g/mol. The summed E-state index contributed by atoms with van der Waals surface area (Å²) in [6, 6.07) is 5.25. The van der Waals surface area contributed by atoms with Crippen molar-refractivity contribution < 1.29 is 28.6 Å². The smallest absolute Gasteiger partial charge is 0.410 e. The average molecular weight is 490 g/mol.